The SMILES string of the molecule is CN(CC1COc2ccccc2O1)c1ccc([N+](=O)[O-])c2cnccc12. The van der Waals surface area contributed by atoms with Gasteiger partial charge >= 0.3 is 0 Å². The first-order chi connectivity index (χ1) is 12.6. The van der Waals surface area contributed by atoms with Gasteiger partial charge in [-0.1, -0.05) is 12.1 Å². The van der Waals surface area contributed by atoms with Crippen molar-refractivity contribution in [3.63, 3.8) is 0 Å². The molecule has 1 unspecified atom stereocenters. The van der Waals surface area contributed by atoms with Crippen LogP contribution >= 0.6 is 0 Å². The van der Waals surface area contributed by atoms with E-state index in [1.807, 2.05) is 36.2 Å². The van der Waals surface area contributed by atoms with Gasteiger partial charge in [0.1, 0.15) is 6.61 Å². The zero-order chi connectivity index (χ0) is 18.1. The minimum atomic E-state index is -0.386. The Bertz CT molecular complexity index is 976. The molecule has 3 aromatic rings. The number of nitrogens with zero attached hydrogens (tertiary/aromatic N) is 3. The Labute approximate surface area is 149 Å². The van der Waals surface area contributed by atoms with E-state index < -0.39 is 0 Å². The van der Waals surface area contributed by atoms with Crippen molar-refractivity contribution in [2.45, 2.75) is 6.10 Å². The van der Waals surface area contributed by atoms with E-state index in [4.69, 9.17) is 9.47 Å². The lowest BCUT2D eigenvalue weighted by molar-refractivity contribution is -0.383. The molecule has 132 valence electrons. The molecule has 0 aliphatic carbocycles. The number of likely N-dealkylation sites (N-methyl/N-ethyl adjacent to an activating group) is 1. The summed E-state index contributed by atoms with van der Waals surface area (Å²) in [5.74, 6) is 1.48. The summed E-state index contributed by atoms with van der Waals surface area (Å²) in [4.78, 5) is 16.9. The van der Waals surface area contributed by atoms with Crippen molar-refractivity contribution in [3.05, 3.63) is 65.0 Å². The Morgan fingerprint density at radius 3 is 2.81 bits per heavy atom. The number of non-ortho nitro benzene ring substituents is 1. The van der Waals surface area contributed by atoms with Crippen molar-refractivity contribution in [2.75, 3.05) is 25.1 Å². The average molecular weight is 351 g/mol. The van der Waals surface area contributed by atoms with Crippen LogP contribution < -0.4 is 14.4 Å². The van der Waals surface area contributed by atoms with E-state index in [1.165, 1.54) is 12.3 Å². The largest absolute Gasteiger partial charge is 0.486 e. The minimum absolute atomic E-state index is 0.0522. The van der Waals surface area contributed by atoms with Crippen LogP contribution in [-0.4, -0.2) is 36.2 Å². The summed E-state index contributed by atoms with van der Waals surface area (Å²) in [5.41, 5.74) is 0.937. The summed E-state index contributed by atoms with van der Waals surface area (Å²) in [5, 5.41) is 12.6. The van der Waals surface area contributed by atoms with Gasteiger partial charge in [0.2, 0.25) is 0 Å². The Balaban J connectivity index is 1.60. The predicted molar refractivity (Wildman–Crippen MR) is 98.0 cm³/mol. The molecule has 0 saturated heterocycles. The normalized spacial score (nSPS) is 15.7. The Morgan fingerprint density at radius 1 is 1.19 bits per heavy atom. The molecular formula is C19H17N3O4. The first-order valence-electron chi connectivity index (χ1n) is 8.24. The van der Waals surface area contributed by atoms with E-state index in [0.29, 0.717) is 18.5 Å². The smallest absolute Gasteiger partial charge is 0.278 e. The molecule has 1 atom stereocenters. The number of hydrogen-bond acceptors (Lipinski definition) is 6. The summed E-state index contributed by atoms with van der Waals surface area (Å²) >= 11 is 0. The molecule has 1 aromatic heterocycles. The fourth-order valence-electron chi connectivity index (χ4n) is 3.21. The summed E-state index contributed by atoms with van der Waals surface area (Å²) in [6.07, 6.45) is 3.03. The molecule has 0 radical (unpaired) electrons. The lowest BCUT2D eigenvalue weighted by atomic mass is 10.1. The summed E-state index contributed by atoms with van der Waals surface area (Å²) in [6, 6.07) is 12.7. The molecule has 0 spiro atoms. The van der Waals surface area contributed by atoms with Gasteiger partial charge in [0.25, 0.3) is 5.69 Å². The standard InChI is InChI=1S/C19H17N3O4/c1-21(11-13-12-25-18-4-2-3-5-19(18)26-13)16-6-7-17(22(23)24)15-10-20-9-8-14(15)16/h2-10,13H,11-12H2,1H3. The van der Waals surface area contributed by atoms with Gasteiger partial charge in [0.15, 0.2) is 17.6 Å². The van der Waals surface area contributed by atoms with Gasteiger partial charge in [-0.05, 0) is 24.3 Å². The monoisotopic (exact) mass is 351 g/mol. The number of anilines is 1. The Kier molecular flexibility index (Phi) is 4.04. The van der Waals surface area contributed by atoms with Gasteiger partial charge in [0.05, 0.1) is 16.9 Å². The zero-order valence-corrected chi connectivity index (χ0v) is 14.2. The highest BCUT2D eigenvalue weighted by Crippen LogP contribution is 2.34. The fourth-order valence-corrected chi connectivity index (χ4v) is 3.21. The third-order valence-corrected chi connectivity index (χ3v) is 4.43. The summed E-state index contributed by atoms with van der Waals surface area (Å²) in [6.45, 7) is 1.04. The molecule has 0 bridgehead atoms. The number of nitro groups is 1. The van der Waals surface area contributed by atoms with Crippen LogP contribution in [0.2, 0.25) is 0 Å². The van der Waals surface area contributed by atoms with Crippen LogP contribution in [0.15, 0.2) is 54.9 Å². The number of benzene rings is 2. The Morgan fingerprint density at radius 2 is 2.00 bits per heavy atom. The number of ether oxygens (including phenoxy) is 2. The maximum absolute atomic E-state index is 11.3. The van der Waals surface area contributed by atoms with Crippen molar-refractivity contribution in [3.8, 4) is 11.5 Å². The van der Waals surface area contributed by atoms with Gasteiger partial charge < -0.3 is 14.4 Å². The topological polar surface area (TPSA) is 77.7 Å². The number of rotatable bonds is 4. The lowest BCUT2D eigenvalue weighted by Gasteiger charge is -2.31. The third kappa shape index (κ3) is 2.88. The second-order valence-corrected chi connectivity index (χ2v) is 6.16. The van der Waals surface area contributed by atoms with E-state index in [9.17, 15) is 10.1 Å². The maximum atomic E-state index is 11.3. The van der Waals surface area contributed by atoms with Crippen LogP contribution in [0.5, 0.6) is 11.5 Å². The van der Waals surface area contributed by atoms with E-state index in [-0.39, 0.29) is 16.7 Å². The summed E-state index contributed by atoms with van der Waals surface area (Å²) < 4.78 is 11.8. The van der Waals surface area contributed by atoms with E-state index in [1.54, 1.807) is 18.3 Å². The highest BCUT2D eigenvalue weighted by atomic mass is 16.6. The molecule has 7 nitrogen and oxygen atoms in total. The van der Waals surface area contributed by atoms with Crippen LogP contribution in [0.3, 0.4) is 0 Å². The summed E-state index contributed by atoms with van der Waals surface area (Å²) in [7, 11) is 1.94. The number of pyridine rings is 1. The zero-order valence-electron chi connectivity index (χ0n) is 14.2. The van der Waals surface area contributed by atoms with Crippen molar-refractivity contribution in [1.82, 2.24) is 4.98 Å². The molecule has 2 aromatic carbocycles. The van der Waals surface area contributed by atoms with Crippen LogP contribution in [0.1, 0.15) is 0 Å². The number of hydrogen-bond donors (Lipinski definition) is 0. The maximum Gasteiger partial charge on any atom is 0.278 e. The van der Waals surface area contributed by atoms with Gasteiger partial charge in [-0.25, -0.2) is 0 Å². The van der Waals surface area contributed by atoms with Crippen LogP contribution in [0.25, 0.3) is 10.8 Å². The second-order valence-electron chi connectivity index (χ2n) is 6.16. The van der Waals surface area contributed by atoms with Crippen molar-refractivity contribution >= 4 is 22.1 Å². The molecule has 26 heavy (non-hydrogen) atoms. The van der Waals surface area contributed by atoms with Gasteiger partial charge in [0, 0.05) is 36.6 Å². The van der Waals surface area contributed by atoms with E-state index in [0.717, 1.165) is 22.6 Å². The molecule has 4 rings (SSSR count). The second kappa shape index (κ2) is 6.51. The van der Waals surface area contributed by atoms with Crippen LogP contribution in [-0.2, 0) is 0 Å². The van der Waals surface area contributed by atoms with Crippen LogP contribution in [0.4, 0.5) is 11.4 Å². The van der Waals surface area contributed by atoms with Crippen molar-refractivity contribution in [1.29, 1.82) is 0 Å². The predicted octanol–water partition coefficient (Wildman–Crippen LogP) is 3.42. The van der Waals surface area contributed by atoms with Gasteiger partial charge in [-0.2, -0.15) is 0 Å². The van der Waals surface area contributed by atoms with Crippen molar-refractivity contribution < 1.29 is 14.4 Å². The van der Waals surface area contributed by atoms with Crippen molar-refractivity contribution in [2.24, 2.45) is 0 Å². The molecule has 0 fully saturated rings. The lowest BCUT2D eigenvalue weighted by Crippen LogP contribution is -2.39. The molecule has 2 heterocycles. The number of nitro benzene ring substituents is 1. The fraction of sp³-hybridized carbons (Fsp3) is 0.211. The van der Waals surface area contributed by atoms with E-state index >= 15 is 0 Å². The molecule has 0 amide bonds. The van der Waals surface area contributed by atoms with Crippen LogP contribution in [0, 0.1) is 10.1 Å². The number of fused-ring (bicyclic) bond motifs is 2. The molecule has 0 saturated carbocycles. The number of para-hydroxylation sites is 2. The van der Waals surface area contributed by atoms with E-state index in [2.05, 4.69) is 4.98 Å². The van der Waals surface area contributed by atoms with Gasteiger partial charge in [-0.15, -0.1) is 0 Å². The Hall–Kier alpha value is -3.35. The average Bonchev–Trinajstić information content (AvgIpc) is 2.66. The highest BCUT2D eigenvalue weighted by molar-refractivity contribution is 5.99. The van der Waals surface area contributed by atoms with Gasteiger partial charge in [-0.3, -0.25) is 15.1 Å². The molecule has 0 N–H and O–H groups in total. The molecule has 1 aliphatic rings. The first-order valence-corrected chi connectivity index (χ1v) is 8.24. The highest BCUT2D eigenvalue weighted by Gasteiger charge is 2.23. The molecule has 1 aliphatic heterocycles. The third-order valence-electron chi connectivity index (χ3n) is 4.43. The molecular weight excluding hydrogens is 334 g/mol. The molecule has 7 heteroatoms. The minimum Gasteiger partial charge on any atom is -0.486 e. The quantitative estimate of drug-likeness (QED) is 0.529. The number of aromatic nitrogens is 1. The first kappa shape index (κ1) is 16.1.